The molecule has 2 heterocycles. The maximum absolute atomic E-state index is 4.38. The minimum absolute atomic E-state index is 0.168. The lowest BCUT2D eigenvalue weighted by Crippen LogP contribution is -2.32. The van der Waals surface area contributed by atoms with Gasteiger partial charge in [-0.2, -0.15) is 5.10 Å². The van der Waals surface area contributed by atoms with E-state index >= 15 is 0 Å². The summed E-state index contributed by atoms with van der Waals surface area (Å²) >= 11 is 0. The lowest BCUT2D eigenvalue weighted by molar-refractivity contribution is 0.183. The highest BCUT2D eigenvalue weighted by Crippen LogP contribution is 2.28. The molecule has 0 saturated carbocycles. The van der Waals surface area contributed by atoms with E-state index in [0.29, 0.717) is 0 Å². The van der Waals surface area contributed by atoms with E-state index in [0.717, 1.165) is 16.6 Å². The van der Waals surface area contributed by atoms with Crippen LogP contribution in [0.1, 0.15) is 0 Å². The normalized spacial score (nSPS) is 19.2. The third-order valence-electron chi connectivity index (χ3n) is 3.26. The Morgan fingerprint density at radius 2 is 1.95 bits per heavy atom. The highest BCUT2D eigenvalue weighted by molar-refractivity contribution is 5.91. The Hall–Kier alpha value is -2.37. The van der Waals surface area contributed by atoms with Crippen molar-refractivity contribution in [3.8, 4) is 0 Å². The van der Waals surface area contributed by atoms with Crippen molar-refractivity contribution in [2.24, 2.45) is 22.4 Å². The first kappa shape index (κ1) is 11.7. The van der Waals surface area contributed by atoms with Crippen LogP contribution in [0.2, 0.25) is 0 Å². The highest BCUT2D eigenvalue weighted by Gasteiger charge is 2.21. The van der Waals surface area contributed by atoms with Gasteiger partial charge in [-0.15, -0.1) is 10.2 Å². The van der Waals surface area contributed by atoms with Crippen molar-refractivity contribution in [2.45, 2.75) is 6.29 Å². The van der Waals surface area contributed by atoms with Crippen molar-refractivity contribution < 1.29 is 0 Å². The number of azo groups is 1. The van der Waals surface area contributed by atoms with Crippen LogP contribution in [-0.4, -0.2) is 41.2 Å². The summed E-state index contributed by atoms with van der Waals surface area (Å²) in [6, 6.07) is 8.17. The van der Waals surface area contributed by atoms with E-state index in [4.69, 9.17) is 0 Å². The van der Waals surface area contributed by atoms with Crippen molar-refractivity contribution in [3.05, 3.63) is 30.5 Å². The molecule has 0 saturated heterocycles. The van der Waals surface area contributed by atoms with Crippen LogP contribution in [0.25, 0.3) is 10.9 Å². The number of rotatable bonds is 2. The number of aromatic nitrogens is 1. The molecule has 0 aliphatic carbocycles. The predicted molar refractivity (Wildman–Crippen MR) is 75.2 cm³/mol. The monoisotopic (exact) mass is 256 g/mol. The molecule has 0 N–H and O–H groups in total. The smallest absolute Gasteiger partial charge is 0.233 e. The Morgan fingerprint density at radius 1 is 1.16 bits per heavy atom. The maximum atomic E-state index is 4.38. The van der Waals surface area contributed by atoms with Gasteiger partial charge in [0.1, 0.15) is 12.0 Å². The van der Waals surface area contributed by atoms with Crippen molar-refractivity contribution in [3.63, 3.8) is 0 Å². The molecule has 98 valence electrons. The van der Waals surface area contributed by atoms with Crippen molar-refractivity contribution in [1.82, 2.24) is 14.5 Å². The largest absolute Gasteiger partial charge is 0.348 e. The fraction of sp³-hybridized carbons (Fsp3) is 0.308. The first-order valence-electron chi connectivity index (χ1n) is 6.10. The Bertz CT molecular complexity index is 644. The van der Waals surface area contributed by atoms with E-state index in [1.807, 2.05) is 44.4 Å². The van der Waals surface area contributed by atoms with Crippen LogP contribution in [0.5, 0.6) is 0 Å². The average molecular weight is 256 g/mol. The summed E-state index contributed by atoms with van der Waals surface area (Å²) in [5.74, 6) is 0. The zero-order valence-corrected chi connectivity index (χ0v) is 11.2. The summed E-state index contributed by atoms with van der Waals surface area (Å²) in [4.78, 5) is 1.91. The van der Waals surface area contributed by atoms with Crippen molar-refractivity contribution in [2.75, 3.05) is 14.1 Å². The van der Waals surface area contributed by atoms with Gasteiger partial charge in [0.25, 0.3) is 0 Å². The van der Waals surface area contributed by atoms with Crippen LogP contribution in [0.3, 0.4) is 0 Å². The lowest BCUT2D eigenvalue weighted by Gasteiger charge is -2.19. The molecule has 1 aromatic carbocycles. The molecule has 2 aromatic rings. The molecule has 6 heteroatoms. The first-order chi connectivity index (χ1) is 9.16. The van der Waals surface area contributed by atoms with Gasteiger partial charge in [0.15, 0.2) is 0 Å². The molecule has 3 rings (SSSR count). The topological polar surface area (TPSA) is 48.5 Å². The summed E-state index contributed by atoms with van der Waals surface area (Å²) < 4.78 is 2.06. The molecule has 6 nitrogen and oxygen atoms in total. The number of aryl methyl sites for hydroxylation is 1. The molecule has 1 aromatic heterocycles. The van der Waals surface area contributed by atoms with E-state index in [1.54, 1.807) is 11.3 Å². The van der Waals surface area contributed by atoms with Gasteiger partial charge < -0.3 is 9.47 Å². The molecule has 1 aliphatic rings. The third kappa shape index (κ3) is 1.95. The molecule has 0 radical (unpaired) electrons. The number of nitrogens with zero attached hydrogens (tertiary/aromatic N) is 6. The molecule has 19 heavy (non-hydrogen) atoms. The first-order valence-corrected chi connectivity index (χ1v) is 6.10. The van der Waals surface area contributed by atoms with Gasteiger partial charge in [0.05, 0.1) is 5.52 Å². The predicted octanol–water partition coefficient (Wildman–Crippen LogP) is 2.37. The second-order valence-corrected chi connectivity index (χ2v) is 4.67. The molecule has 1 unspecified atom stereocenters. The number of hydrogen-bond donors (Lipinski definition) is 0. The molecule has 0 fully saturated rings. The molecule has 1 aliphatic heterocycles. The lowest BCUT2D eigenvalue weighted by atomic mass is 10.2. The van der Waals surface area contributed by atoms with E-state index in [2.05, 4.69) is 32.0 Å². The van der Waals surface area contributed by atoms with Crippen LogP contribution >= 0.6 is 0 Å². The summed E-state index contributed by atoms with van der Waals surface area (Å²) in [5.41, 5.74) is 2.03. The van der Waals surface area contributed by atoms with Gasteiger partial charge in [-0.05, 0) is 6.07 Å². The highest BCUT2D eigenvalue weighted by atomic mass is 15.6. The summed E-state index contributed by atoms with van der Waals surface area (Å²) in [6.07, 6.45) is 3.57. The van der Waals surface area contributed by atoms with E-state index in [1.165, 1.54) is 0 Å². The third-order valence-corrected chi connectivity index (χ3v) is 3.26. The number of hydrazone groups is 1. The number of fused-ring (bicyclic) bond motifs is 1. The van der Waals surface area contributed by atoms with Crippen LogP contribution < -0.4 is 0 Å². The Labute approximate surface area is 111 Å². The average Bonchev–Trinajstić information content (AvgIpc) is 2.90. The molecular formula is C13H16N6. The minimum Gasteiger partial charge on any atom is -0.348 e. The second-order valence-electron chi connectivity index (χ2n) is 4.67. The molecule has 0 bridgehead atoms. The maximum Gasteiger partial charge on any atom is 0.233 e. The van der Waals surface area contributed by atoms with E-state index in [9.17, 15) is 0 Å². The zero-order chi connectivity index (χ0) is 13.4. The van der Waals surface area contributed by atoms with Gasteiger partial charge in [-0.25, -0.2) is 0 Å². The van der Waals surface area contributed by atoms with Gasteiger partial charge >= 0.3 is 0 Å². The van der Waals surface area contributed by atoms with Crippen molar-refractivity contribution >= 4 is 22.9 Å². The quantitative estimate of drug-likeness (QED) is 0.774. The summed E-state index contributed by atoms with van der Waals surface area (Å²) in [6.45, 7) is 0. The Kier molecular flexibility index (Phi) is 2.70. The molecule has 0 amide bonds. The van der Waals surface area contributed by atoms with Crippen LogP contribution in [0.15, 0.2) is 45.8 Å². The SMILES string of the molecule is CN1C=NN(C)C1N=Nc1cn(C)c2ccccc12. The van der Waals surface area contributed by atoms with Crippen LogP contribution in [0, 0.1) is 0 Å². The van der Waals surface area contributed by atoms with Crippen LogP contribution in [0.4, 0.5) is 5.69 Å². The minimum atomic E-state index is -0.168. The number of para-hydroxylation sites is 1. The number of hydrogen-bond acceptors (Lipinski definition) is 5. The second kappa shape index (κ2) is 4.38. The van der Waals surface area contributed by atoms with Crippen molar-refractivity contribution in [1.29, 1.82) is 0 Å². The zero-order valence-electron chi connectivity index (χ0n) is 11.2. The summed E-state index contributed by atoms with van der Waals surface area (Å²) in [5, 5.41) is 15.8. The van der Waals surface area contributed by atoms with Crippen LogP contribution in [-0.2, 0) is 7.05 Å². The fourth-order valence-electron chi connectivity index (χ4n) is 2.22. The summed E-state index contributed by atoms with van der Waals surface area (Å²) in [7, 11) is 5.82. The van der Waals surface area contributed by atoms with Gasteiger partial charge in [-0.1, -0.05) is 18.2 Å². The molecule has 1 atom stereocenters. The van der Waals surface area contributed by atoms with E-state index < -0.39 is 0 Å². The fourth-order valence-corrected chi connectivity index (χ4v) is 2.22. The standard InChI is InChI=1S/C13H16N6/c1-17-8-11(10-6-4-5-7-12(10)17)15-16-13-18(2)9-14-19(13)3/h4-9,13H,1-3H3. The number of benzene rings is 1. The van der Waals surface area contributed by atoms with Gasteiger partial charge in [-0.3, -0.25) is 5.01 Å². The van der Waals surface area contributed by atoms with Gasteiger partial charge in [0, 0.05) is 32.7 Å². The Balaban J connectivity index is 1.94. The molecular weight excluding hydrogens is 240 g/mol. The molecule has 0 spiro atoms. The Morgan fingerprint density at radius 3 is 2.68 bits per heavy atom. The van der Waals surface area contributed by atoms with E-state index in [-0.39, 0.29) is 6.29 Å². The van der Waals surface area contributed by atoms with Gasteiger partial charge in [0.2, 0.25) is 6.29 Å².